The van der Waals surface area contributed by atoms with Crippen molar-refractivity contribution < 1.29 is 4.43 Å². The maximum Gasteiger partial charge on any atom is 0.242 e. The van der Waals surface area contributed by atoms with Crippen LogP contribution >= 0.6 is 0 Å². The molecule has 0 aliphatic rings. The molecule has 1 radical (unpaired) electrons. The number of rotatable bonds is 2. The van der Waals surface area contributed by atoms with Crippen molar-refractivity contribution in [3.63, 3.8) is 0 Å². The Morgan fingerprint density at radius 1 is 1.27 bits per heavy atom. The lowest BCUT2D eigenvalue weighted by molar-refractivity contribution is 0.556. The van der Waals surface area contributed by atoms with Gasteiger partial charge in [0.2, 0.25) is 8.32 Å². The highest BCUT2D eigenvalue weighted by atomic mass is 28.4. The summed E-state index contributed by atoms with van der Waals surface area (Å²) in [4.78, 5) is 0. The van der Waals surface area contributed by atoms with E-state index in [1.165, 1.54) is 0 Å². The lowest BCUT2D eigenvalue weighted by atomic mass is 10.3. The summed E-state index contributed by atoms with van der Waals surface area (Å²) in [6.07, 6.45) is 0. The smallest absolute Gasteiger partial charge is 0.242 e. The van der Waals surface area contributed by atoms with Gasteiger partial charge in [0.1, 0.15) is 5.75 Å². The van der Waals surface area contributed by atoms with Crippen LogP contribution in [0.3, 0.4) is 0 Å². The van der Waals surface area contributed by atoms with Gasteiger partial charge in [-0.25, -0.2) is 0 Å². The molecule has 1 aromatic rings. The zero-order chi connectivity index (χ0) is 8.32. The topological polar surface area (TPSA) is 9.23 Å². The molecule has 1 aromatic carbocycles. The Hall–Kier alpha value is -0.763. The first kappa shape index (κ1) is 8.33. The van der Waals surface area contributed by atoms with Crippen LogP contribution in [0.4, 0.5) is 0 Å². The molecule has 1 nitrogen and oxygen atoms in total. The van der Waals surface area contributed by atoms with Crippen LogP contribution in [0.5, 0.6) is 5.75 Å². The molecule has 0 aromatic heterocycles. The molecule has 0 saturated carbocycles. The van der Waals surface area contributed by atoms with Gasteiger partial charge in [0.25, 0.3) is 0 Å². The molecular weight excluding hydrogens is 152 g/mol. The molecule has 0 fully saturated rings. The fraction of sp³-hybridized carbons (Fsp3) is 0.333. The highest BCUT2D eigenvalue weighted by Gasteiger charge is 2.15. The molecule has 0 atom stereocenters. The van der Waals surface area contributed by atoms with Crippen LogP contribution in [0.15, 0.2) is 24.3 Å². The summed E-state index contributed by atoms with van der Waals surface area (Å²) in [5.41, 5.74) is 0. The van der Waals surface area contributed by atoms with Crippen molar-refractivity contribution in [2.24, 2.45) is 0 Å². The quantitative estimate of drug-likeness (QED) is 0.612. The van der Waals surface area contributed by atoms with Gasteiger partial charge in [-0.3, -0.25) is 0 Å². The summed E-state index contributed by atoms with van der Waals surface area (Å²) >= 11 is 0. The highest BCUT2D eigenvalue weighted by Crippen LogP contribution is 2.13. The Morgan fingerprint density at radius 2 is 2.00 bits per heavy atom. The molecule has 0 unspecified atom stereocenters. The predicted octanol–water partition coefficient (Wildman–Crippen LogP) is 2.70. The number of hydrogen-bond acceptors (Lipinski definition) is 1. The van der Waals surface area contributed by atoms with E-state index in [9.17, 15) is 0 Å². The van der Waals surface area contributed by atoms with Crippen molar-refractivity contribution in [3.8, 4) is 5.75 Å². The van der Waals surface area contributed by atoms with Gasteiger partial charge in [0.05, 0.1) is 0 Å². The third-order valence-electron chi connectivity index (χ3n) is 1.10. The molecule has 2 heteroatoms. The van der Waals surface area contributed by atoms with E-state index in [1.807, 2.05) is 24.3 Å². The van der Waals surface area contributed by atoms with Crippen molar-refractivity contribution in [1.82, 2.24) is 0 Å². The normalized spacial score (nSPS) is 11.2. The first-order valence-electron chi connectivity index (χ1n) is 3.74. The van der Waals surface area contributed by atoms with Crippen molar-refractivity contribution in [3.05, 3.63) is 30.3 Å². The SMILES string of the molecule is C[Si](C)(C)Oc1[c]cccc1. The van der Waals surface area contributed by atoms with Gasteiger partial charge in [-0.05, 0) is 25.7 Å². The minimum atomic E-state index is -1.43. The van der Waals surface area contributed by atoms with Gasteiger partial charge in [-0.1, -0.05) is 18.2 Å². The highest BCUT2D eigenvalue weighted by molar-refractivity contribution is 6.70. The van der Waals surface area contributed by atoms with E-state index in [1.54, 1.807) is 0 Å². The predicted molar refractivity (Wildman–Crippen MR) is 49.3 cm³/mol. The molecule has 0 bridgehead atoms. The lowest BCUT2D eigenvalue weighted by Crippen LogP contribution is -2.29. The molecule has 59 valence electrons. The molecule has 0 N–H and O–H groups in total. The molecule has 0 aliphatic carbocycles. The first-order valence-corrected chi connectivity index (χ1v) is 7.14. The summed E-state index contributed by atoms with van der Waals surface area (Å²) in [6, 6.07) is 10.8. The van der Waals surface area contributed by atoms with Gasteiger partial charge in [0, 0.05) is 6.07 Å². The molecule has 0 saturated heterocycles. The third-order valence-corrected chi connectivity index (χ3v) is 1.93. The van der Waals surface area contributed by atoms with Crippen molar-refractivity contribution in [1.29, 1.82) is 0 Å². The first-order chi connectivity index (χ1) is 5.08. The second-order valence-corrected chi connectivity index (χ2v) is 7.87. The van der Waals surface area contributed by atoms with Crippen LogP contribution in [0.25, 0.3) is 0 Å². The zero-order valence-corrected chi connectivity index (χ0v) is 8.22. The van der Waals surface area contributed by atoms with Crippen LogP contribution in [0.1, 0.15) is 0 Å². The van der Waals surface area contributed by atoms with Crippen molar-refractivity contribution >= 4 is 8.32 Å². The average molecular weight is 165 g/mol. The molecule has 0 spiro atoms. The minimum absolute atomic E-state index is 0.867. The van der Waals surface area contributed by atoms with E-state index >= 15 is 0 Å². The molecule has 1 rings (SSSR count). The Balaban J connectivity index is 2.66. The Labute approximate surface area is 69.1 Å². The standard InChI is InChI=1S/C9H13OSi/c1-11(2,3)10-9-7-5-4-6-8-9/h4-7H,1-3H3. The van der Waals surface area contributed by atoms with Crippen LogP contribution in [-0.2, 0) is 0 Å². The van der Waals surface area contributed by atoms with Crippen LogP contribution in [0.2, 0.25) is 19.6 Å². The van der Waals surface area contributed by atoms with E-state index in [0.717, 1.165) is 5.75 Å². The monoisotopic (exact) mass is 165 g/mol. The summed E-state index contributed by atoms with van der Waals surface area (Å²) in [5.74, 6) is 0.867. The number of hydrogen-bond donors (Lipinski definition) is 0. The molecule has 11 heavy (non-hydrogen) atoms. The maximum atomic E-state index is 5.68. The Morgan fingerprint density at radius 3 is 2.45 bits per heavy atom. The summed E-state index contributed by atoms with van der Waals surface area (Å²) in [6.45, 7) is 6.48. The summed E-state index contributed by atoms with van der Waals surface area (Å²) in [5, 5.41) is 0. The molecular formula is C9H13OSi. The molecule has 0 heterocycles. The maximum absolute atomic E-state index is 5.68. The Kier molecular flexibility index (Phi) is 2.34. The Bertz CT molecular complexity index is 213. The van der Waals surface area contributed by atoms with Gasteiger partial charge < -0.3 is 4.43 Å². The summed E-state index contributed by atoms with van der Waals surface area (Å²) in [7, 11) is -1.43. The summed E-state index contributed by atoms with van der Waals surface area (Å²) < 4.78 is 5.68. The second-order valence-electron chi connectivity index (χ2n) is 3.44. The van der Waals surface area contributed by atoms with E-state index in [0.29, 0.717) is 0 Å². The third kappa shape index (κ3) is 3.23. The number of benzene rings is 1. The average Bonchev–Trinajstić information content (AvgIpc) is 1.85. The molecule has 0 aliphatic heterocycles. The van der Waals surface area contributed by atoms with Crippen LogP contribution < -0.4 is 4.43 Å². The van der Waals surface area contributed by atoms with E-state index in [-0.39, 0.29) is 0 Å². The van der Waals surface area contributed by atoms with E-state index in [2.05, 4.69) is 25.7 Å². The van der Waals surface area contributed by atoms with Crippen molar-refractivity contribution in [2.45, 2.75) is 19.6 Å². The fourth-order valence-electron chi connectivity index (χ4n) is 0.770. The van der Waals surface area contributed by atoms with Gasteiger partial charge in [-0.15, -0.1) is 0 Å². The largest absolute Gasteiger partial charge is 0.544 e. The van der Waals surface area contributed by atoms with Crippen LogP contribution in [-0.4, -0.2) is 8.32 Å². The van der Waals surface area contributed by atoms with Gasteiger partial charge >= 0.3 is 0 Å². The van der Waals surface area contributed by atoms with E-state index < -0.39 is 8.32 Å². The lowest BCUT2D eigenvalue weighted by Gasteiger charge is -2.18. The second kappa shape index (κ2) is 3.09. The number of para-hydroxylation sites is 1. The molecule has 0 amide bonds. The zero-order valence-electron chi connectivity index (χ0n) is 7.22. The fourth-order valence-corrected chi connectivity index (χ4v) is 1.56. The van der Waals surface area contributed by atoms with Gasteiger partial charge in [-0.2, -0.15) is 0 Å². The van der Waals surface area contributed by atoms with E-state index in [4.69, 9.17) is 4.43 Å². The van der Waals surface area contributed by atoms with Crippen molar-refractivity contribution in [2.75, 3.05) is 0 Å². The van der Waals surface area contributed by atoms with Gasteiger partial charge in [0.15, 0.2) is 0 Å². The van der Waals surface area contributed by atoms with Crippen LogP contribution in [0, 0.1) is 6.07 Å². The minimum Gasteiger partial charge on any atom is -0.544 e.